The van der Waals surface area contributed by atoms with Crippen LogP contribution in [0.4, 0.5) is 0 Å². The average molecular weight is 259 g/mol. The fraction of sp³-hybridized carbons (Fsp3) is 0.667. The quantitative estimate of drug-likeness (QED) is 0.791. The van der Waals surface area contributed by atoms with E-state index < -0.39 is 0 Å². The van der Waals surface area contributed by atoms with Crippen LogP contribution >= 0.6 is 0 Å². The fourth-order valence-corrected chi connectivity index (χ4v) is 3.94. The Kier molecular flexibility index (Phi) is 4.67. The molecule has 2 rings (SSSR count). The van der Waals surface area contributed by atoms with Crippen LogP contribution in [0.2, 0.25) is 0 Å². The summed E-state index contributed by atoms with van der Waals surface area (Å²) in [6.07, 6.45) is 6.86. The lowest BCUT2D eigenvalue weighted by molar-refractivity contribution is 0.188. The molecular weight excluding hydrogens is 230 g/mol. The van der Waals surface area contributed by atoms with Gasteiger partial charge in [0.15, 0.2) is 0 Å². The molecule has 1 saturated carbocycles. The topological polar surface area (TPSA) is 12.0 Å². The summed E-state index contributed by atoms with van der Waals surface area (Å²) in [6, 6.07) is 7.49. The third kappa shape index (κ3) is 2.86. The molecule has 0 aromatic heterocycles. The third-order valence-corrected chi connectivity index (χ3v) is 5.06. The van der Waals surface area contributed by atoms with Crippen molar-refractivity contribution in [2.24, 2.45) is 5.41 Å². The molecule has 0 radical (unpaired) electrons. The molecule has 0 amide bonds. The molecule has 1 aromatic rings. The summed E-state index contributed by atoms with van der Waals surface area (Å²) in [5.74, 6) is 0. The summed E-state index contributed by atoms with van der Waals surface area (Å²) in [4.78, 5) is 0. The molecule has 1 aliphatic rings. The smallest absolute Gasteiger partial charge is 0.0379 e. The van der Waals surface area contributed by atoms with E-state index in [0.29, 0.717) is 11.5 Å². The van der Waals surface area contributed by atoms with Crippen molar-refractivity contribution in [1.29, 1.82) is 0 Å². The molecule has 0 aliphatic heterocycles. The van der Waals surface area contributed by atoms with Crippen LogP contribution in [0.1, 0.15) is 68.7 Å². The van der Waals surface area contributed by atoms with Gasteiger partial charge in [-0.3, -0.25) is 0 Å². The Morgan fingerprint density at radius 3 is 2.37 bits per heavy atom. The van der Waals surface area contributed by atoms with Gasteiger partial charge in [0.1, 0.15) is 0 Å². The van der Waals surface area contributed by atoms with Crippen molar-refractivity contribution in [1.82, 2.24) is 5.32 Å². The number of rotatable bonds is 5. The highest BCUT2D eigenvalue weighted by Gasteiger charge is 2.40. The first-order valence-corrected chi connectivity index (χ1v) is 7.93. The Morgan fingerprint density at radius 2 is 1.84 bits per heavy atom. The molecular formula is C18H29N. The molecule has 19 heavy (non-hydrogen) atoms. The summed E-state index contributed by atoms with van der Waals surface area (Å²) in [5.41, 5.74) is 4.83. The maximum Gasteiger partial charge on any atom is 0.0379 e. The van der Waals surface area contributed by atoms with E-state index in [2.05, 4.69) is 51.2 Å². The lowest BCUT2D eigenvalue weighted by atomic mass is 9.72. The predicted molar refractivity (Wildman–Crippen MR) is 83.5 cm³/mol. The molecule has 0 heterocycles. The van der Waals surface area contributed by atoms with E-state index in [4.69, 9.17) is 0 Å². The van der Waals surface area contributed by atoms with Crippen LogP contribution in [0.25, 0.3) is 0 Å². The zero-order valence-electron chi connectivity index (χ0n) is 13.1. The first-order chi connectivity index (χ1) is 9.13. The fourth-order valence-electron chi connectivity index (χ4n) is 3.94. The monoisotopic (exact) mass is 259 g/mol. The number of hydrogen-bond donors (Lipinski definition) is 1. The molecule has 0 saturated heterocycles. The van der Waals surface area contributed by atoms with Crippen molar-refractivity contribution < 1.29 is 0 Å². The predicted octanol–water partition coefficient (Wildman–Crippen LogP) is 4.92. The Bertz CT molecular complexity index is 416. The van der Waals surface area contributed by atoms with Crippen molar-refractivity contribution in [2.75, 3.05) is 6.54 Å². The Labute approximate surface area is 118 Å². The van der Waals surface area contributed by atoms with Crippen molar-refractivity contribution in [3.63, 3.8) is 0 Å². The first-order valence-electron chi connectivity index (χ1n) is 7.93. The van der Waals surface area contributed by atoms with Crippen molar-refractivity contribution in [3.05, 3.63) is 34.9 Å². The number of benzene rings is 1. The zero-order chi connectivity index (χ0) is 13.9. The van der Waals surface area contributed by atoms with Gasteiger partial charge in [0.05, 0.1) is 0 Å². The normalized spacial score (nSPS) is 19.6. The van der Waals surface area contributed by atoms with Gasteiger partial charge in [-0.1, -0.05) is 50.5 Å². The molecule has 1 aliphatic carbocycles. The lowest BCUT2D eigenvalue weighted by Crippen LogP contribution is -2.36. The van der Waals surface area contributed by atoms with Gasteiger partial charge in [-0.25, -0.2) is 0 Å². The second-order valence-electron chi connectivity index (χ2n) is 6.27. The number of aryl methyl sites for hydroxylation is 2. The van der Waals surface area contributed by atoms with Gasteiger partial charge in [0, 0.05) is 6.04 Å². The van der Waals surface area contributed by atoms with E-state index in [1.165, 1.54) is 48.8 Å². The lowest BCUT2D eigenvalue weighted by Gasteiger charge is -2.38. The third-order valence-electron chi connectivity index (χ3n) is 5.06. The SMILES string of the molecule is CCNC(c1ccc(C)cc1C)C1(CC)CCCC1. The van der Waals surface area contributed by atoms with Gasteiger partial charge in [0.25, 0.3) is 0 Å². The van der Waals surface area contributed by atoms with Crippen LogP contribution in [0.5, 0.6) is 0 Å². The molecule has 0 spiro atoms. The van der Waals surface area contributed by atoms with Gasteiger partial charge in [-0.05, 0) is 56.2 Å². The van der Waals surface area contributed by atoms with Crippen LogP contribution < -0.4 is 5.32 Å². The summed E-state index contributed by atoms with van der Waals surface area (Å²) < 4.78 is 0. The Morgan fingerprint density at radius 1 is 1.16 bits per heavy atom. The first kappa shape index (κ1) is 14.6. The van der Waals surface area contributed by atoms with Crippen molar-refractivity contribution in [3.8, 4) is 0 Å². The summed E-state index contributed by atoms with van der Waals surface area (Å²) in [6.45, 7) is 10.1. The van der Waals surface area contributed by atoms with E-state index >= 15 is 0 Å². The van der Waals surface area contributed by atoms with Crippen LogP contribution in [0, 0.1) is 19.3 Å². The summed E-state index contributed by atoms with van der Waals surface area (Å²) >= 11 is 0. The Balaban J connectivity index is 2.38. The van der Waals surface area contributed by atoms with Crippen LogP contribution in [-0.4, -0.2) is 6.54 Å². The maximum absolute atomic E-state index is 3.79. The van der Waals surface area contributed by atoms with Crippen molar-refractivity contribution >= 4 is 0 Å². The number of nitrogens with one attached hydrogen (secondary N) is 1. The Hall–Kier alpha value is -0.820. The van der Waals surface area contributed by atoms with Crippen molar-refractivity contribution in [2.45, 2.75) is 65.8 Å². The highest BCUT2D eigenvalue weighted by atomic mass is 14.9. The molecule has 1 N–H and O–H groups in total. The molecule has 1 atom stereocenters. The second-order valence-corrected chi connectivity index (χ2v) is 6.27. The number of hydrogen-bond acceptors (Lipinski definition) is 1. The minimum atomic E-state index is 0.482. The standard InChI is InChI=1S/C18H29N/c1-5-18(11-7-8-12-18)17(19-6-2)16-10-9-14(3)13-15(16)4/h9-10,13,17,19H,5-8,11-12H2,1-4H3. The summed E-state index contributed by atoms with van der Waals surface area (Å²) in [7, 11) is 0. The molecule has 1 unspecified atom stereocenters. The van der Waals surface area contributed by atoms with E-state index in [1.54, 1.807) is 0 Å². The highest BCUT2D eigenvalue weighted by molar-refractivity contribution is 5.34. The van der Waals surface area contributed by atoms with Crippen LogP contribution in [0.3, 0.4) is 0 Å². The van der Waals surface area contributed by atoms with Crippen LogP contribution in [0.15, 0.2) is 18.2 Å². The minimum absolute atomic E-state index is 0.482. The van der Waals surface area contributed by atoms with E-state index in [1.807, 2.05) is 0 Å². The van der Waals surface area contributed by atoms with E-state index in [9.17, 15) is 0 Å². The van der Waals surface area contributed by atoms with Gasteiger partial charge >= 0.3 is 0 Å². The molecule has 1 nitrogen and oxygen atoms in total. The zero-order valence-corrected chi connectivity index (χ0v) is 13.1. The average Bonchev–Trinajstić information content (AvgIpc) is 2.87. The molecule has 1 heteroatoms. The molecule has 0 bridgehead atoms. The van der Waals surface area contributed by atoms with E-state index in [-0.39, 0.29) is 0 Å². The second kappa shape index (κ2) is 6.09. The van der Waals surface area contributed by atoms with E-state index in [0.717, 1.165) is 6.54 Å². The largest absolute Gasteiger partial charge is 0.310 e. The summed E-state index contributed by atoms with van der Waals surface area (Å²) in [5, 5.41) is 3.79. The van der Waals surface area contributed by atoms with Gasteiger partial charge < -0.3 is 5.32 Å². The van der Waals surface area contributed by atoms with Gasteiger partial charge in [0.2, 0.25) is 0 Å². The molecule has 1 fully saturated rings. The minimum Gasteiger partial charge on any atom is -0.310 e. The highest BCUT2D eigenvalue weighted by Crippen LogP contribution is 2.50. The molecule has 1 aromatic carbocycles. The van der Waals surface area contributed by atoms with Crippen LogP contribution in [-0.2, 0) is 0 Å². The van der Waals surface area contributed by atoms with Gasteiger partial charge in [-0.2, -0.15) is 0 Å². The molecule has 106 valence electrons. The maximum atomic E-state index is 3.79. The van der Waals surface area contributed by atoms with Gasteiger partial charge in [-0.15, -0.1) is 0 Å².